The molecule has 0 spiro atoms. The standard InChI is InChI=1S/C11H15F2NO/c1-3-9(14-2)7-15-11-5-4-8(12)6-10(11)13/h4-6,9,14H,3,7H2,1-2H3. The number of likely N-dealkylation sites (N-methyl/N-ethyl adjacent to an activating group) is 1. The Hall–Kier alpha value is -1.16. The number of rotatable bonds is 5. The summed E-state index contributed by atoms with van der Waals surface area (Å²) in [4.78, 5) is 0. The average Bonchev–Trinajstić information content (AvgIpc) is 2.22. The Morgan fingerprint density at radius 3 is 2.67 bits per heavy atom. The van der Waals surface area contributed by atoms with Gasteiger partial charge in [0.2, 0.25) is 0 Å². The largest absolute Gasteiger partial charge is 0.489 e. The van der Waals surface area contributed by atoms with Gasteiger partial charge in [0.05, 0.1) is 0 Å². The van der Waals surface area contributed by atoms with Crippen LogP contribution in [0.1, 0.15) is 13.3 Å². The minimum Gasteiger partial charge on any atom is -0.489 e. The second kappa shape index (κ2) is 5.66. The minimum atomic E-state index is -0.666. The van der Waals surface area contributed by atoms with Crippen LogP contribution < -0.4 is 10.1 Å². The van der Waals surface area contributed by atoms with Crippen LogP contribution in [-0.2, 0) is 0 Å². The Kier molecular flexibility index (Phi) is 4.49. The molecule has 0 saturated heterocycles. The van der Waals surface area contributed by atoms with E-state index in [9.17, 15) is 8.78 Å². The molecule has 15 heavy (non-hydrogen) atoms. The summed E-state index contributed by atoms with van der Waals surface area (Å²) < 4.78 is 30.9. The SMILES string of the molecule is CCC(COc1ccc(F)cc1F)NC. The van der Waals surface area contributed by atoms with Crippen molar-refractivity contribution in [1.29, 1.82) is 0 Å². The Morgan fingerprint density at radius 1 is 1.40 bits per heavy atom. The van der Waals surface area contributed by atoms with Gasteiger partial charge in [-0.2, -0.15) is 0 Å². The van der Waals surface area contributed by atoms with Gasteiger partial charge in [-0.05, 0) is 25.6 Å². The molecule has 0 saturated carbocycles. The van der Waals surface area contributed by atoms with E-state index in [0.29, 0.717) is 6.61 Å². The third kappa shape index (κ3) is 3.47. The van der Waals surface area contributed by atoms with E-state index in [1.54, 1.807) is 0 Å². The van der Waals surface area contributed by atoms with Crippen LogP contribution in [0.2, 0.25) is 0 Å². The van der Waals surface area contributed by atoms with Gasteiger partial charge in [0.25, 0.3) is 0 Å². The summed E-state index contributed by atoms with van der Waals surface area (Å²) in [5.74, 6) is -1.17. The number of nitrogens with one attached hydrogen (secondary N) is 1. The highest BCUT2D eigenvalue weighted by molar-refractivity contribution is 5.24. The molecule has 1 atom stereocenters. The van der Waals surface area contributed by atoms with Crippen molar-refractivity contribution in [1.82, 2.24) is 5.32 Å². The maximum absolute atomic E-state index is 13.1. The molecular formula is C11H15F2NO. The van der Waals surface area contributed by atoms with E-state index >= 15 is 0 Å². The molecular weight excluding hydrogens is 200 g/mol. The van der Waals surface area contributed by atoms with Gasteiger partial charge >= 0.3 is 0 Å². The molecule has 0 fully saturated rings. The molecule has 1 aromatic rings. The highest BCUT2D eigenvalue weighted by Gasteiger charge is 2.08. The molecule has 0 radical (unpaired) electrons. The van der Waals surface area contributed by atoms with E-state index in [4.69, 9.17) is 4.74 Å². The molecule has 0 aromatic heterocycles. The van der Waals surface area contributed by atoms with Crippen LogP contribution in [0.15, 0.2) is 18.2 Å². The predicted molar refractivity (Wildman–Crippen MR) is 55.0 cm³/mol. The zero-order chi connectivity index (χ0) is 11.3. The van der Waals surface area contributed by atoms with Gasteiger partial charge in [-0.1, -0.05) is 6.92 Å². The normalized spacial score (nSPS) is 12.5. The minimum absolute atomic E-state index is 0.0881. The van der Waals surface area contributed by atoms with Crippen molar-refractivity contribution in [2.75, 3.05) is 13.7 Å². The van der Waals surface area contributed by atoms with Crippen LogP contribution in [0.25, 0.3) is 0 Å². The fourth-order valence-corrected chi connectivity index (χ4v) is 1.19. The Labute approximate surface area is 88.3 Å². The Bertz CT molecular complexity index is 313. The first-order chi connectivity index (χ1) is 7.17. The van der Waals surface area contributed by atoms with Crippen molar-refractivity contribution < 1.29 is 13.5 Å². The molecule has 0 aliphatic rings. The van der Waals surface area contributed by atoms with E-state index in [-0.39, 0.29) is 11.8 Å². The third-order valence-corrected chi connectivity index (χ3v) is 2.23. The lowest BCUT2D eigenvalue weighted by Gasteiger charge is -2.15. The maximum Gasteiger partial charge on any atom is 0.167 e. The Balaban J connectivity index is 2.57. The molecule has 84 valence electrons. The molecule has 0 aliphatic carbocycles. The van der Waals surface area contributed by atoms with Crippen molar-refractivity contribution in [3.05, 3.63) is 29.8 Å². The molecule has 2 nitrogen and oxygen atoms in total. The van der Waals surface area contributed by atoms with Crippen molar-refractivity contribution in [3.63, 3.8) is 0 Å². The summed E-state index contributed by atoms with van der Waals surface area (Å²) in [7, 11) is 1.82. The number of hydrogen-bond donors (Lipinski definition) is 1. The molecule has 1 rings (SSSR count). The molecule has 0 bridgehead atoms. The molecule has 0 aliphatic heterocycles. The molecule has 1 N–H and O–H groups in total. The summed E-state index contributed by atoms with van der Waals surface area (Å²) in [6.45, 7) is 2.38. The van der Waals surface area contributed by atoms with Crippen LogP contribution in [0.3, 0.4) is 0 Å². The first-order valence-electron chi connectivity index (χ1n) is 4.92. The average molecular weight is 215 g/mol. The summed E-state index contributed by atoms with van der Waals surface area (Å²) in [6.07, 6.45) is 0.888. The van der Waals surface area contributed by atoms with Crippen LogP contribution in [-0.4, -0.2) is 19.7 Å². The summed E-state index contributed by atoms with van der Waals surface area (Å²) >= 11 is 0. The summed E-state index contributed by atoms with van der Waals surface area (Å²) in [5.41, 5.74) is 0. The topological polar surface area (TPSA) is 21.3 Å². The lowest BCUT2D eigenvalue weighted by Crippen LogP contribution is -2.30. The fourth-order valence-electron chi connectivity index (χ4n) is 1.19. The number of benzene rings is 1. The van der Waals surface area contributed by atoms with Gasteiger partial charge in [-0.15, -0.1) is 0 Å². The smallest absolute Gasteiger partial charge is 0.167 e. The van der Waals surface area contributed by atoms with Crippen LogP contribution in [0.5, 0.6) is 5.75 Å². The quantitative estimate of drug-likeness (QED) is 0.814. The van der Waals surface area contributed by atoms with Crippen LogP contribution >= 0.6 is 0 Å². The lowest BCUT2D eigenvalue weighted by atomic mass is 10.2. The fraction of sp³-hybridized carbons (Fsp3) is 0.455. The second-order valence-corrected chi connectivity index (χ2v) is 3.28. The Morgan fingerprint density at radius 2 is 2.13 bits per heavy atom. The third-order valence-electron chi connectivity index (χ3n) is 2.23. The van der Waals surface area contributed by atoms with Gasteiger partial charge in [-0.25, -0.2) is 8.78 Å². The molecule has 1 unspecified atom stereocenters. The van der Waals surface area contributed by atoms with E-state index < -0.39 is 11.6 Å². The predicted octanol–water partition coefficient (Wildman–Crippen LogP) is 2.34. The van der Waals surface area contributed by atoms with Crippen molar-refractivity contribution in [2.24, 2.45) is 0 Å². The monoisotopic (exact) mass is 215 g/mol. The van der Waals surface area contributed by atoms with Crippen molar-refractivity contribution in [2.45, 2.75) is 19.4 Å². The number of hydrogen-bond acceptors (Lipinski definition) is 2. The molecule has 4 heteroatoms. The van der Waals surface area contributed by atoms with Gasteiger partial charge in [0.1, 0.15) is 12.4 Å². The highest BCUT2D eigenvalue weighted by Crippen LogP contribution is 2.17. The van der Waals surface area contributed by atoms with E-state index in [2.05, 4.69) is 5.32 Å². The second-order valence-electron chi connectivity index (χ2n) is 3.28. The van der Waals surface area contributed by atoms with E-state index in [1.165, 1.54) is 12.1 Å². The highest BCUT2D eigenvalue weighted by atomic mass is 19.1. The lowest BCUT2D eigenvalue weighted by molar-refractivity contribution is 0.256. The number of ether oxygens (including phenoxy) is 1. The van der Waals surface area contributed by atoms with Crippen LogP contribution in [0, 0.1) is 11.6 Å². The summed E-state index contributed by atoms with van der Waals surface area (Å²) in [5, 5.41) is 3.03. The van der Waals surface area contributed by atoms with Gasteiger partial charge in [-0.3, -0.25) is 0 Å². The molecule has 0 amide bonds. The zero-order valence-electron chi connectivity index (χ0n) is 8.89. The van der Waals surface area contributed by atoms with Crippen molar-refractivity contribution in [3.8, 4) is 5.75 Å². The van der Waals surface area contributed by atoms with Gasteiger partial charge < -0.3 is 10.1 Å². The van der Waals surface area contributed by atoms with Crippen molar-refractivity contribution >= 4 is 0 Å². The maximum atomic E-state index is 13.1. The first kappa shape index (κ1) is 11.9. The number of halogens is 2. The summed E-state index contributed by atoms with van der Waals surface area (Å²) in [6, 6.07) is 3.47. The van der Waals surface area contributed by atoms with Gasteiger partial charge in [0, 0.05) is 12.1 Å². The first-order valence-corrected chi connectivity index (χ1v) is 4.92. The van der Waals surface area contributed by atoms with Gasteiger partial charge in [0.15, 0.2) is 11.6 Å². The van der Waals surface area contributed by atoms with E-state index in [0.717, 1.165) is 12.5 Å². The van der Waals surface area contributed by atoms with Crippen LogP contribution in [0.4, 0.5) is 8.78 Å². The molecule has 1 aromatic carbocycles. The van der Waals surface area contributed by atoms with E-state index in [1.807, 2.05) is 14.0 Å². The zero-order valence-corrected chi connectivity index (χ0v) is 8.89. The molecule has 0 heterocycles.